The third kappa shape index (κ3) is 3.32. The van der Waals surface area contributed by atoms with Crippen LogP contribution in [0.15, 0.2) is 0 Å². The Kier molecular flexibility index (Phi) is 3.69. The largest absolute Gasteiger partial charge is 0.353 e. The second-order valence-electron chi connectivity index (χ2n) is 3.92. The first-order valence-corrected chi connectivity index (χ1v) is 4.89. The van der Waals surface area contributed by atoms with E-state index < -0.39 is 0 Å². The molecule has 13 heavy (non-hydrogen) atoms. The Balaban J connectivity index is 2.24. The second kappa shape index (κ2) is 4.58. The highest BCUT2D eigenvalue weighted by Crippen LogP contribution is 2.11. The van der Waals surface area contributed by atoms with Gasteiger partial charge < -0.3 is 16.4 Å². The van der Waals surface area contributed by atoms with Gasteiger partial charge in [0.15, 0.2) is 0 Å². The number of carbonyl (C=O) groups excluding carboxylic acids is 1. The number of amides is 1. The Bertz CT molecular complexity index is 182. The van der Waals surface area contributed by atoms with Gasteiger partial charge in [-0.3, -0.25) is 4.79 Å². The minimum Gasteiger partial charge on any atom is -0.353 e. The van der Waals surface area contributed by atoms with Gasteiger partial charge in [-0.1, -0.05) is 0 Å². The Hall–Kier alpha value is -0.610. The molecule has 1 amide bonds. The summed E-state index contributed by atoms with van der Waals surface area (Å²) < 4.78 is 0. The van der Waals surface area contributed by atoms with Crippen molar-refractivity contribution in [1.29, 1.82) is 0 Å². The molecule has 4 N–H and O–H groups in total. The van der Waals surface area contributed by atoms with Crippen LogP contribution < -0.4 is 16.4 Å². The van der Waals surface area contributed by atoms with E-state index >= 15 is 0 Å². The highest BCUT2D eigenvalue weighted by Gasteiger charge is 2.25. The molecule has 3 atom stereocenters. The van der Waals surface area contributed by atoms with Crippen LogP contribution in [0.4, 0.5) is 0 Å². The van der Waals surface area contributed by atoms with Crippen LogP contribution in [0.3, 0.4) is 0 Å². The Morgan fingerprint density at radius 2 is 2.38 bits per heavy atom. The van der Waals surface area contributed by atoms with Gasteiger partial charge in [0.2, 0.25) is 5.91 Å². The number of hydrogen-bond donors (Lipinski definition) is 3. The molecule has 76 valence electrons. The van der Waals surface area contributed by atoms with Gasteiger partial charge in [-0.25, -0.2) is 0 Å². The van der Waals surface area contributed by atoms with E-state index in [2.05, 4.69) is 17.6 Å². The highest BCUT2D eigenvalue weighted by atomic mass is 16.2. The lowest BCUT2D eigenvalue weighted by molar-refractivity contribution is -0.122. The molecule has 0 aliphatic carbocycles. The summed E-state index contributed by atoms with van der Waals surface area (Å²) in [6.07, 6.45) is 2.02. The Morgan fingerprint density at radius 1 is 1.69 bits per heavy atom. The number of hydrogen-bond acceptors (Lipinski definition) is 3. The molecule has 4 nitrogen and oxygen atoms in total. The first kappa shape index (κ1) is 10.5. The molecule has 4 heteroatoms. The molecule has 0 unspecified atom stereocenters. The normalized spacial score (nSPS) is 30.1. The van der Waals surface area contributed by atoms with Crippen LogP contribution in [0.2, 0.25) is 0 Å². The summed E-state index contributed by atoms with van der Waals surface area (Å²) in [7, 11) is 0. The van der Waals surface area contributed by atoms with Crippen LogP contribution in [0, 0.1) is 0 Å². The monoisotopic (exact) mass is 185 g/mol. The summed E-state index contributed by atoms with van der Waals surface area (Å²) in [5, 5.41) is 6.04. The van der Waals surface area contributed by atoms with Gasteiger partial charge >= 0.3 is 0 Å². The predicted octanol–water partition coefficient (Wildman–Crippen LogP) is -0.410. The summed E-state index contributed by atoms with van der Waals surface area (Å²) in [5.74, 6) is 0.0849. The lowest BCUT2D eigenvalue weighted by atomic mass is 10.2. The standard InChI is InChI=1S/C9H19N3O/c1-6(10)5-11-9(13)8-4-3-7(2)12-8/h6-8,12H,3-5,10H2,1-2H3,(H,11,13)/t6-,7-,8+/m1/s1. The fraction of sp³-hybridized carbons (Fsp3) is 0.889. The van der Waals surface area contributed by atoms with Crippen LogP contribution in [-0.4, -0.2) is 30.6 Å². The molecule has 0 aromatic rings. The third-order valence-corrected chi connectivity index (χ3v) is 2.29. The van der Waals surface area contributed by atoms with E-state index in [-0.39, 0.29) is 18.0 Å². The lowest BCUT2D eigenvalue weighted by Gasteiger charge is -2.13. The summed E-state index contributed by atoms with van der Waals surface area (Å²) in [4.78, 5) is 11.5. The highest BCUT2D eigenvalue weighted by molar-refractivity contribution is 5.82. The Morgan fingerprint density at radius 3 is 2.85 bits per heavy atom. The number of nitrogens with one attached hydrogen (secondary N) is 2. The molecule has 0 radical (unpaired) electrons. The molecule has 0 aromatic heterocycles. The van der Waals surface area contributed by atoms with Gasteiger partial charge in [0, 0.05) is 18.6 Å². The molecule has 1 heterocycles. The van der Waals surface area contributed by atoms with E-state index in [1.54, 1.807) is 0 Å². The molecule has 1 rings (SSSR count). The fourth-order valence-corrected chi connectivity index (χ4v) is 1.52. The van der Waals surface area contributed by atoms with E-state index in [9.17, 15) is 4.79 Å². The van der Waals surface area contributed by atoms with Crippen molar-refractivity contribution in [2.24, 2.45) is 5.73 Å². The van der Waals surface area contributed by atoms with E-state index in [1.165, 1.54) is 0 Å². The predicted molar refractivity (Wildman–Crippen MR) is 52.3 cm³/mol. The summed E-state index contributed by atoms with van der Waals surface area (Å²) in [5.41, 5.74) is 5.53. The van der Waals surface area contributed by atoms with Gasteiger partial charge in [-0.2, -0.15) is 0 Å². The molecule has 0 saturated carbocycles. The first-order chi connectivity index (χ1) is 6.09. The van der Waals surface area contributed by atoms with Crippen LogP contribution in [-0.2, 0) is 4.79 Å². The van der Waals surface area contributed by atoms with Crippen molar-refractivity contribution in [3.8, 4) is 0 Å². The minimum absolute atomic E-state index is 0.00579. The Labute approximate surface area is 79.3 Å². The first-order valence-electron chi connectivity index (χ1n) is 4.89. The third-order valence-electron chi connectivity index (χ3n) is 2.29. The molecule has 0 aromatic carbocycles. The average molecular weight is 185 g/mol. The van der Waals surface area contributed by atoms with Crippen molar-refractivity contribution >= 4 is 5.91 Å². The maximum atomic E-state index is 11.5. The van der Waals surface area contributed by atoms with Crippen molar-refractivity contribution < 1.29 is 4.79 Å². The smallest absolute Gasteiger partial charge is 0.237 e. The SMILES string of the molecule is C[C@@H]1CC[C@@H](C(=O)NC[C@@H](C)N)N1. The van der Waals surface area contributed by atoms with Crippen LogP contribution in [0.25, 0.3) is 0 Å². The minimum atomic E-state index is -0.00579. The zero-order chi connectivity index (χ0) is 9.84. The molecule has 1 saturated heterocycles. The zero-order valence-electron chi connectivity index (χ0n) is 8.34. The topological polar surface area (TPSA) is 67.2 Å². The summed E-state index contributed by atoms with van der Waals surface area (Å²) in [6.45, 7) is 4.54. The van der Waals surface area contributed by atoms with Crippen molar-refractivity contribution in [1.82, 2.24) is 10.6 Å². The van der Waals surface area contributed by atoms with E-state index in [4.69, 9.17) is 5.73 Å². The van der Waals surface area contributed by atoms with Gasteiger partial charge in [-0.15, -0.1) is 0 Å². The molecular formula is C9H19N3O. The fourth-order valence-electron chi connectivity index (χ4n) is 1.52. The maximum Gasteiger partial charge on any atom is 0.237 e. The van der Waals surface area contributed by atoms with E-state index in [0.717, 1.165) is 12.8 Å². The average Bonchev–Trinajstić information content (AvgIpc) is 2.47. The molecule has 1 aliphatic rings. The van der Waals surface area contributed by atoms with Crippen molar-refractivity contribution in [2.75, 3.05) is 6.54 Å². The van der Waals surface area contributed by atoms with E-state index in [1.807, 2.05) is 6.92 Å². The quantitative estimate of drug-likeness (QED) is 0.560. The van der Waals surface area contributed by atoms with Gasteiger partial charge in [0.1, 0.15) is 0 Å². The van der Waals surface area contributed by atoms with Gasteiger partial charge in [-0.05, 0) is 26.7 Å². The van der Waals surface area contributed by atoms with Crippen LogP contribution in [0.5, 0.6) is 0 Å². The lowest BCUT2D eigenvalue weighted by Crippen LogP contribution is -2.45. The van der Waals surface area contributed by atoms with Crippen molar-refractivity contribution in [2.45, 2.75) is 44.8 Å². The second-order valence-corrected chi connectivity index (χ2v) is 3.92. The molecule has 0 spiro atoms. The molecular weight excluding hydrogens is 166 g/mol. The summed E-state index contributed by atoms with van der Waals surface area (Å²) >= 11 is 0. The zero-order valence-corrected chi connectivity index (χ0v) is 8.34. The van der Waals surface area contributed by atoms with Gasteiger partial charge in [0.25, 0.3) is 0 Å². The van der Waals surface area contributed by atoms with Crippen LogP contribution in [0.1, 0.15) is 26.7 Å². The van der Waals surface area contributed by atoms with E-state index in [0.29, 0.717) is 12.6 Å². The molecule has 1 aliphatic heterocycles. The molecule has 0 bridgehead atoms. The molecule has 1 fully saturated rings. The number of carbonyl (C=O) groups is 1. The van der Waals surface area contributed by atoms with Crippen molar-refractivity contribution in [3.63, 3.8) is 0 Å². The number of nitrogens with two attached hydrogens (primary N) is 1. The van der Waals surface area contributed by atoms with Gasteiger partial charge in [0.05, 0.1) is 6.04 Å². The van der Waals surface area contributed by atoms with Crippen LogP contribution >= 0.6 is 0 Å². The summed E-state index contributed by atoms with van der Waals surface area (Å²) in [6, 6.07) is 0.488. The maximum absolute atomic E-state index is 11.5. The number of rotatable bonds is 3. The van der Waals surface area contributed by atoms with Crippen molar-refractivity contribution in [3.05, 3.63) is 0 Å².